The van der Waals surface area contributed by atoms with Crippen LogP contribution >= 0.6 is 11.6 Å². The highest BCUT2D eigenvalue weighted by molar-refractivity contribution is 6.29. The zero-order valence-corrected chi connectivity index (χ0v) is 21.1. The van der Waals surface area contributed by atoms with Crippen molar-refractivity contribution in [1.29, 1.82) is 0 Å². The third kappa shape index (κ3) is 8.00. The van der Waals surface area contributed by atoms with Crippen LogP contribution in [0.1, 0.15) is 51.4 Å². The van der Waals surface area contributed by atoms with Crippen LogP contribution in [-0.4, -0.2) is 51.8 Å². The number of hydrogen-bond acceptors (Lipinski definition) is 7. The Bertz CT molecular complexity index is 1210. The second-order valence-corrected chi connectivity index (χ2v) is 9.29. The van der Waals surface area contributed by atoms with Crippen LogP contribution in [0.15, 0.2) is 23.1 Å². The van der Waals surface area contributed by atoms with E-state index in [1.807, 2.05) is 0 Å². The van der Waals surface area contributed by atoms with Gasteiger partial charge in [0.2, 0.25) is 5.43 Å². The summed E-state index contributed by atoms with van der Waals surface area (Å²) >= 11 is 5.93. The molecule has 0 fully saturated rings. The summed E-state index contributed by atoms with van der Waals surface area (Å²) in [5.74, 6) is 1.21. The number of carbonyl (C=O) groups excluding carboxylic acids is 3. The van der Waals surface area contributed by atoms with E-state index in [-0.39, 0.29) is 41.3 Å². The Morgan fingerprint density at radius 3 is 2.54 bits per heavy atom. The summed E-state index contributed by atoms with van der Waals surface area (Å²) < 4.78 is 11.8. The lowest BCUT2D eigenvalue weighted by Crippen LogP contribution is -2.42. The second-order valence-electron chi connectivity index (χ2n) is 8.91. The maximum Gasteiger partial charge on any atom is 0.408 e. The molecule has 0 unspecified atom stereocenters. The van der Waals surface area contributed by atoms with Gasteiger partial charge in [0.05, 0.1) is 18.5 Å². The van der Waals surface area contributed by atoms with Crippen LogP contribution in [-0.2, 0) is 20.8 Å². The molecule has 0 aliphatic heterocycles. The van der Waals surface area contributed by atoms with Gasteiger partial charge in [0.25, 0.3) is 5.91 Å². The molecule has 35 heavy (non-hydrogen) atoms. The molecule has 2 heterocycles. The summed E-state index contributed by atoms with van der Waals surface area (Å²) in [4.78, 5) is 53.7. The van der Waals surface area contributed by atoms with Crippen LogP contribution in [0.5, 0.6) is 0 Å². The molecule has 0 aliphatic carbocycles. The molecule has 2 atom stereocenters. The van der Waals surface area contributed by atoms with Crippen LogP contribution in [0.2, 0.25) is 5.15 Å². The van der Waals surface area contributed by atoms with Crippen molar-refractivity contribution in [2.24, 2.45) is 0 Å². The van der Waals surface area contributed by atoms with E-state index >= 15 is 0 Å². The van der Waals surface area contributed by atoms with Gasteiger partial charge in [0.1, 0.15) is 28.0 Å². The molecule has 2 amide bonds. The predicted molar refractivity (Wildman–Crippen MR) is 131 cm³/mol. The zero-order chi connectivity index (χ0) is 26.3. The third-order valence-electron chi connectivity index (χ3n) is 4.65. The summed E-state index contributed by atoms with van der Waals surface area (Å²) in [7, 11) is 0. The summed E-state index contributed by atoms with van der Waals surface area (Å²) in [5.41, 5.74) is -1.02. The van der Waals surface area contributed by atoms with Crippen molar-refractivity contribution in [3.05, 3.63) is 39.3 Å². The minimum atomic E-state index is -0.913. The number of nitrogens with zero attached hydrogens (tertiary/aromatic N) is 2. The first-order chi connectivity index (χ1) is 16.3. The molecular formula is C24H29ClN4O6. The summed E-state index contributed by atoms with van der Waals surface area (Å²) in [5, 5.41) is 5.52. The molecule has 2 N–H and O–H groups in total. The van der Waals surface area contributed by atoms with Crippen molar-refractivity contribution in [3.63, 3.8) is 0 Å². The molecule has 188 valence electrons. The highest BCUT2D eigenvalue weighted by Crippen LogP contribution is 2.14. The highest BCUT2D eigenvalue weighted by Gasteiger charge is 2.22. The van der Waals surface area contributed by atoms with Crippen molar-refractivity contribution in [2.45, 2.75) is 65.3 Å². The molecule has 2 aromatic rings. The number of rotatable bonds is 8. The van der Waals surface area contributed by atoms with Crippen molar-refractivity contribution in [3.8, 4) is 12.3 Å². The minimum absolute atomic E-state index is 0.0118. The van der Waals surface area contributed by atoms with Crippen molar-refractivity contribution < 1.29 is 23.9 Å². The van der Waals surface area contributed by atoms with Gasteiger partial charge in [-0.15, -0.1) is 6.42 Å². The van der Waals surface area contributed by atoms with Gasteiger partial charge in [0.15, 0.2) is 0 Å². The summed E-state index contributed by atoms with van der Waals surface area (Å²) in [6.45, 7) is 8.38. The molecule has 0 aromatic carbocycles. The van der Waals surface area contributed by atoms with E-state index in [0.29, 0.717) is 0 Å². The van der Waals surface area contributed by atoms with Gasteiger partial charge in [-0.3, -0.25) is 9.59 Å². The Balaban J connectivity index is 1.97. The zero-order valence-electron chi connectivity index (χ0n) is 20.3. The Morgan fingerprint density at radius 2 is 1.91 bits per heavy atom. The number of amides is 2. The van der Waals surface area contributed by atoms with Gasteiger partial charge in [-0.2, -0.15) is 0 Å². The third-order valence-corrected chi connectivity index (χ3v) is 4.86. The molecule has 11 heteroatoms. The molecule has 10 nitrogen and oxygen atoms in total. The lowest BCUT2D eigenvalue weighted by Gasteiger charge is -2.21. The van der Waals surface area contributed by atoms with Crippen LogP contribution in [0, 0.1) is 12.3 Å². The number of fused-ring (bicyclic) bond motifs is 1. The maximum absolute atomic E-state index is 12.8. The summed E-state index contributed by atoms with van der Waals surface area (Å²) in [6.07, 6.45) is 6.30. The molecular weight excluding hydrogens is 476 g/mol. The SMILES string of the molecule is C#CCn1cc(C(=O)N[C@@H](C)CCOC(=O)[C@H](C)NC(=O)OC(C)(C)C)c(=O)c2ccc(Cl)nc21. The number of ether oxygens (including phenoxy) is 2. The van der Waals surface area contributed by atoms with E-state index in [2.05, 4.69) is 21.5 Å². The number of halogens is 1. The van der Waals surface area contributed by atoms with Crippen molar-refractivity contribution in [1.82, 2.24) is 20.2 Å². The molecule has 2 aromatic heterocycles. The quantitative estimate of drug-likeness (QED) is 0.321. The van der Waals surface area contributed by atoms with Crippen molar-refractivity contribution in [2.75, 3.05) is 6.61 Å². The first-order valence-corrected chi connectivity index (χ1v) is 11.3. The fourth-order valence-electron chi connectivity index (χ4n) is 3.00. The number of esters is 1. The fourth-order valence-corrected chi connectivity index (χ4v) is 3.14. The largest absolute Gasteiger partial charge is 0.464 e. The predicted octanol–water partition coefficient (Wildman–Crippen LogP) is 2.65. The van der Waals surface area contributed by atoms with Crippen LogP contribution in [0.3, 0.4) is 0 Å². The Hall–Kier alpha value is -3.58. The molecule has 0 saturated carbocycles. The molecule has 0 radical (unpaired) electrons. The lowest BCUT2D eigenvalue weighted by molar-refractivity contribution is -0.145. The first-order valence-electron chi connectivity index (χ1n) is 10.9. The number of hydrogen-bond donors (Lipinski definition) is 2. The number of nitrogens with one attached hydrogen (secondary N) is 2. The van der Waals surface area contributed by atoms with Crippen molar-refractivity contribution >= 4 is 40.6 Å². The lowest BCUT2D eigenvalue weighted by atomic mass is 10.1. The smallest absolute Gasteiger partial charge is 0.408 e. The first kappa shape index (κ1) is 27.7. The van der Waals surface area contributed by atoms with Gasteiger partial charge < -0.3 is 24.7 Å². The minimum Gasteiger partial charge on any atom is -0.464 e. The molecule has 0 bridgehead atoms. The van der Waals surface area contributed by atoms with E-state index in [9.17, 15) is 19.2 Å². The Morgan fingerprint density at radius 1 is 1.23 bits per heavy atom. The second kappa shape index (κ2) is 11.7. The standard InChI is InChI=1S/C24H29ClN4O6/c1-7-11-29-13-17(19(30)16-8-9-18(25)28-20(16)29)21(31)26-14(2)10-12-34-22(32)15(3)27-23(33)35-24(4,5)6/h1,8-9,13-15H,10-12H2,2-6H3,(H,26,31)(H,27,33)/t14-,15-/m0/s1. The van der Waals surface area contributed by atoms with Crippen LogP contribution in [0.25, 0.3) is 11.0 Å². The van der Waals surface area contributed by atoms with Crippen LogP contribution in [0.4, 0.5) is 4.79 Å². The maximum atomic E-state index is 12.8. The fraction of sp³-hybridized carbons (Fsp3) is 0.458. The number of alkyl carbamates (subject to hydrolysis) is 1. The van der Waals surface area contributed by atoms with Gasteiger partial charge in [-0.1, -0.05) is 17.5 Å². The normalized spacial score (nSPS) is 12.8. The molecule has 0 spiro atoms. The Labute approximate surface area is 208 Å². The van der Waals surface area contributed by atoms with E-state index in [0.717, 1.165) is 0 Å². The number of aromatic nitrogens is 2. The van der Waals surface area contributed by atoms with Gasteiger partial charge >= 0.3 is 12.1 Å². The molecule has 0 saturated heterocycles. The van der Waals surface area contributed by atoms with E-state index < -0.39 is 41.1 Å². The number of terminal acetylenes is 1. The average Bonchev–Trinajstić information content (AvgIpc) is 2.74. The van der Waals surface area contributed by atoms with Crippen LogP contribution < -0.4 is 16.1 Å². The van der Waals surface area contributed by atoms with E-state index in [1.54, 1.807) is 27.7 Å². The monoisotopic (exact) mass is 504 g/mol. The molecule has 2 rings (SSSR count). The van der Waals surface area contributed by atoms with Gasteiger partial charge in [-0.05, 0) is 46.8 Å². The summed E-state index contributed by atoms with van der Waals surface area (Å²) in [6, 6.07) is 1.61. The van der Waals surface area contributed by atoms with Gasteiger partial charge in [0, 0.05) is 18.7 Å². The average molecular weight is 505 g/mol. The Kier molecular flexibility index (Phi) is 9.25. The topological polar surface area (TPSA) is 129 Å². The van der Waals surface area contributed by atoms with E-state index in [1.165, 1.54) is 29.8 Å². The highest BCUT2D eigenvalue weighted by atomic mass is 35.5. The molecule has 0 aliphatic rings. The number of pyridine rings is 2. The van der Waals surface area contributed by atoms with Gasteiger partial charge in [-0.25, -0.2) is 14.6 Å². The van der Waals surface area contributed by atoms with E-state index in [4.69, 9.17) is 27.5 Å². The number of carbonyl (C=O) groups is 3.